The van der Waals surface area contributed by atoms with E-state index in [4.69, 9.17) is 11.6 Å². The van der Waals surface area contributed by atoms with Gasteiger partial charge in [-0.2, -0.15) is 0 Å². The minimum absolute atomic E-state index is 0.176. The van der Waals surface area contributed by atoms with E-state index in [1.165, 1.54) is 0 Å². The first kappa shape index (κ1) is 12.0. The smallest absolute Gasteiger partial charge is 0.0544 e. The van der Waals surface area contributed by atoms with Crippen LogP contribution in [0.15, 0.2) is 22.8 Å². The summed E-state index contributed by atoms with van der Waals surface area (Å²) in [4.78, 5) is 6.45. The van der Waals surface area contributed by atoms with Crippen LogP contribution in [0.25, 0.3) is 0 Å². The van der Waals surface area contributed by atoms with Crippen LogP contribution in [-0.2, 0) is 6.54 Å². The van der Waals surface area contributed by atoms with Crippen molar-refractivity contribution in [3.8, 4) is 0 Å². The van der Waals surface area contributed by atoms with Crippen LogP contribution in [0, 0.1) is 0 Å². The van der Waals surface area contributed by atoms with E-state index in [9.17, 15) is 0 Å². The molecule has 0 radical (unpaired) electrons. The molecule has 14 heavy (non-hydrogen) atoms. The minimum atomic E-state index is 0.176. The molecule has 0 amide bonds. The van der Waals surface area contributed by atoms with Gasteiger partial charge in [-0.05, 0) is 42.0 Å². The van der Waals surface area contributed by atoms with Gasteiger partial charge in [-0.25, -0.2) is 0 Å². The predicted octanol–water partition coefficient (Wildman–Crippen LogP) is 2.90. The van der Waals surface area contributed by atoms with E-state index in [2.05, 4.69) is 25.8 Å². The standard InChI is InChI=1S/C10H14BrClN2/c1-8(12)6-14(2)7-10-4-3-9(11)5-13-10/h3-5,8H,6-7H2,1-2H3. The Kier molecular flexibility index (Phi) is 4.85. The van der Waals surface area contributed by atoms with Crippen LogP contribution >= 0.6 is 27.5 Å². The Hall–Kier alpha value is -0.120. The van der Waals surface area contributed by atoms with E-state index in [1.807, 2.05) is 32.3 Å². The molecule has 1 rings (SSSR count). The summed E-state index contributed by atoms with van der Waals surface area (Å²) in [7, 11) is 2.04. The van der Waals surface area contributed by atoms with Crippen LogP contribution in [0.4, 0.5) is 0 Å². The van der Waals surface area contributed by atoms with Gasteiger partial charge < -0.3 is 0 Å². The highest BCUT2D eigenvalue weighted by atomic mass is 79.9. The highest BCUT2D eigenvalue weighted by Gasteiger charge is 2.04. The van der Waals surface area contributed by atoms with Crippen molar-refractivity contribution in [2.75, 3.05) is 13.6 Å². The second kappa shape index (κ2) is 5.69. The summed E-state index contributed by atoms with van der Waals surface area (Å²) in [6.07, 6.45) is 1.81. The number of pyridine rings is 1. The van der Waals surface area contributed by atoms with Crippen molar-refractivity contribution in [2.45, 2.75) is 18.8 Å². The normalized spacial score (nSPS) is 13.2. The zero-order valence-electron chi connectivity index (χ0n) is 8.37. The molecule has 0 fully saturated rings. The molecule has 1 aromatic heterocycles. The van der Waals surface area contributed by atoms with Gasteiger partial charge in [0, 0.05) is 29.1 Å². The first-order valence-corrected chi connectivity index (χ1v) is 5.74. The van der Waals surface area contributed by atoms with Gasteiger partial charge in [0.05, 0.1) is 5.69 Å². The molecule has 0 aliphatic rings. The molecule has 0 saturated carbocycles. The van der Waals surface area contributed by atoms with Gasteiger partial charge in [-0.1, -0.05) is 0 Å². The van der Waals surface area contributed by atoms with Gasteiger partial charge in [-0.15, -0.1) is 11.6 Å². The van der Waals surface area contributed by atoms with Crippen molar-refractivity contribution >= 4 is 27.5 Å². The molecule has 1 aromatic rings. The zero-order chi connectivity index (χ0) is 10.6. The number of hydrogen-bond donors (Lipinski definition) is 0. The fraction of sp³-hybridized carbons (Fsp3) is 0.500. The van der Waals surface area contributed by atoms with E-state index in [-0.39, 0.29) is 5.38 Å². The Morgan fingerprint density at radius 1 is 1.57 bits per heavy atom. The highest BCUT2D eigenvalue weighted by Crippen LogP contribution is 2.09. The van der Waals surface area contributed by atoms with Gasteiger partial charge in [0.1, 0.15) is 0 Å². The monoisotopic (exact) mass is 276 g/mol. The second-order valence-corrected chi connectivity index (χ2v) is 5.11. The lowest BCUT2D eigenvalue weighted by molar-refractivity contribution is 0.326. The van der Waals surface area contributed by atoms with Crippen molar-refractivity contribution in [3.05, 3.63) is 28.5 Å². The predicted molar refractivity (Wildman–Crippen MR) is 63.6 cm³/mol. The van der Waals surface area contributed by atoms with Crippen LogP contribution in [0.5, 0.6) is 0 Å². The van der Waals surface area contributed by atoms with Gasteiger partial charge in [-0.3, -0.25) is 9.88 Å². The molecule has 78 valence electrons. The summed E-state index contributed by atoms with van der Waals surface area (Å²) < 4.78 is 1.01. The van der Waals surface area contributed by atoms with Crippen LogP contribution in [0.3, 0.4) is 0 Å². The lowest BCUT2D eigenvalue weighted by Gasteiger charge is -2.17. The molecule has 1 heterocycles. The highest BCUT2D eigenvalue weighted by molar-refractivity contribution is 9.10. The van der Waals surface area contributed by atoms with Crippen molar-refractivity contribution in [2.24, 2.45) is 0 Å². The zero-order valence-corrected chi connectivity index (χ0v) is 10.7. The van der Waals surface area contributed by atoms with E-state index in [0.29, 0.717) is 0 Å². The van der Waals surface area contributed by atoms with Crippen LogP contribution in [-0.4, -0.2) is 28.9 Å². The van der Waals surface area contributed by atoms with Crippen LogP contribution < -0.4 is 0 Å². The molecule has 1 unspecified atom stereocenters. The fourth-order valence-corrected chi connectivity index (χ4v) is 1.74. The van der Waals surface area contributed by atoms with E-state index in [0.717, 1.165) is 23.3 Å². The second-order valence-electron chi connectivity index (χ2n) is 3.45. The summed E-state index contributed by atoms with van der Waals surface area (Å²) in [6.45, 7) is 3.71. The SMILES string of the molecule is CC(Cl)CN(C)Cc1ccc(Br)cn1. The number of nitrogens with zero attached hydrogens (tertiary/aromatic N) is 2. The van der Waals surface area contributed by atoms with Gasteiger partial charge in [0.2, 0.25) is 0 Å². The minimum Gasteiger partial charge on any atom is -0.299 e. The number of halogens is 2. The summed E-state index contributed by atoms with van der Waals surface area (Å²) >= 11 is 9.25. The van der Waals surface area contributed by atoms with E-state index >= 15 is 0 Å². The Balaban J connectivity index is 2.47. The summed E-state index contributed by atoms with van der Waals surface area (Å²) in [5, 5.41) is 0.176. The van der Waals surface area contributed by atoms with E-state index in [1.54, 1.807) is 0 Å². The maximum atomic E-state index is 5.89. The fourth-order valence-electron chi connectivity index (χ4n) is 1.27. The lowest BCUT2D eigenvalue weighted by atomic mass is 10.3. The molecule has 0 spiro atoms. The average molecular weight is 278 g/mol. The van der Waals surface area contributed by atoms with Crippen LogP contribution in [0.2, 0.25) is 0 Å². The number of alkyl halides is 1. The third-order valence-electron chi connectivity index (χ3n) is 1.78. The van der Waals surface area contributed by atoms with Crippen LogP contribution in [0.1, 0.15) is 12.6 Å². The quantitative estimate of drug-likeness (QED) is 0.787. The van der Waals surface area contributed by atoms with E-state index < -0.39 is 0 Å². The van der Waals surface area contributed by atoms with Crippen molar-refractivity contribution < 1.29 is 0 Å². The topological polar surface area (TPSA) is 16.1 Å². The Morgan fingerprint density at radius 2 is 2.29 bits per heavy atom. The Morgan fingerprint density at radius 3 is 2.79 bits per heavy atom. The summed E-state index contributed by atoms with van der Waals surface area (Å²) in [5.74, 6) is 0. The summed E-state index contributed by atoms with van der Waals surface area (Å²) in [5.41, 5.74) is 1.06. The third-order valence-corrected chi connectivity index (χ3v) is 2.39. The molecule has 0 N–H and O–H groups in total. The van der Waals surface area contributed by atoms with Crippen molar-refractivity contribution in [3.63, 3.8) is 0 Å². The average Bonchev–Trinajstić information content (AvgIpc) is 2.07. The third kappa shape index (κ3) is 4.40. The molecule has 1 atom stereocenters. The van der Waals surface area contributed by atoms with Crippen molar-refractivity contribution in [1.29, 1.82) is 0 Å². The molecule has 0 bridgehead atoms. The van der Waals surface area contributed by atoms with Gasteiger partial charge >= 0.3 is 0 Å². The van der Waals surface area contributed by atoms with Crippen molar-refractivity contribution in [1.82, 2.24) is 9.88 Å². The molecule has 0 aliphatic heterocycles. The number of aromatic nitrogens is 1. The molecular formula is C10H14BrClN2. The maximum Gasteiger partial charge on any atom is 0.0544 e. The number of rotatable bonds is 4. The van der Waals surface area contributed by atoms with Gasteiger partial charge in [0.15, 0.2) is 0 Å². The lowest BCUT2D eigenvalue weighted by Crippen LogP contribution is -2.24. The summed E-state index contributed by atoms with van der Waals surface area (Å²) in [6, 6.07) is 4.01. The first-order chi connectivity index (χ1) is 6.58. The molecular weight excluding hydrogens is 263 g/mol. The Labute approximate surface area is 98.4 Å². The number of hydrogen-bond acceptors (Lipinski definition) is 2. The molecule has 4 heteroatoms. The largest absolute Gasteiger partial charge is 0.299 e. The maximum absolute atomic E-state index is 5.89. The molecule has 2 nitrogen and oxygen atoms in total. The molecule has 0 aliphatic carbocycles. The first-order valence-electron chi connectivity index (χ1n) is 4.51. The van der Waals surface area contributed by atoms with Gasteiger partial charge in [0.25, 0.3) is 0 Å². The molecule has 0 saturated heterocycles. The Bertz CT molecular complexity index is 274. The molecule has 0 aromatic carbocycles.